The molecule has 0 radical (unpaired) electrons. The van der Waals surface area contributed by atoms with Gasteiger partial charge in [-0.25, -0.2) is 4.98 Å². The van der Waals surface area contributed by atoms with Gasteiger partial charge in [0, 0.05) is 17.6 Å². The summed E-state index contributed by atoms with van der Waals surface area (Å²) in [5.41, 5.74) is 5.12. The first kappa shape index (κ1) is 15.5. The van der Waals surface area contributed by atoms with E-state index in [0.717, 1.165) is 30.2 Å². The predicted molar refractivity (Wildman–Crippen MR) is 89.5 cm³/mol. The highest BCUT2D eigenvalue weighted by Crippen LogP contribution is 2.20. The molecule has 0 atom stereocenters. The molecule has 3 heterocycles. The van der Waals surface area contributed by atoms with Gasteiger partial charge in [0.2, 0.25) is 0 Å². The first-order valence-electron chi connectivity index (χ1n) is 6.39. The molecule has 0 bridgehead atoms. The normalized spacial score (nSPS) is 10.9. The predicted octanol–water partition coefficient (Wildman–Crippen LogP) is 3.83. The molecule has 0 spiro atoms. The summed E-state index contributed by atoms with van der Waals surface area (Å²) in [5.74, 6) is 0. The zero-order valence-electron chi connectivity index (χ0n) is 11.5. The summed E-state index contributed by atoms with van der Waals surface area (Å²) in [6, 6.07) is 2.19. The maximum absolute atomic E-state index is 4.61. The maximum Gasteiger partial charge on any atom is 0.194 e. The summed E-state index contributed by atoms with van der Waals surface area (Å²) in [6.45, 7) is 6.12. The van der Waals surface area contributed by atoms with E-state index in [1.54, 1.807) is 22.7 Å². The second-order valence-electron chi connectivity index (χ2n) is 4.70. The zero-order chi connectivity index (χ0) is 13.2. The van der Waals surface area contributed by atoms with Crippen molar-refractivity contribution >= 4 is 40.0 Å². The number of aromatic nitrogens is 2. The lowest BCUT2D eigenvalue weighted by molar-refractivity contribution is 0.667. The molecule has 1 N–H and O–H groups in total. The summed E-state index contributed by atoms with van der Waals surface area (Å²) in [5, 5.41) is 10.0. The first-order valence-corrected chi connectivity index (χ1v) is 8.22. The molecule has 0 aliphatic rings. The van der Waals surface area contributed by atoms with Crippen LogP contribution in [0.4, 0.5) is 0 Å². The highest BCUT2D eigenvalue weighted by molar-refractivity contribution is 7.15. The van der Waals surface area contributed by atoms with Crippen molar-refractivity contribution < 1.29 is 0 Å². The Hall–Kier alpha value is -0.880. The molecular formula is C14H18ClN3S2. The van der Waals surface area contributed by atoms with Crippen molar-refractivity contribution in [2.24, 2.45) is 0 Å². The average Bonchev–Trinajstić information content (AvgIpc) is 3.07. The molecule has 0 aromatic carbocycles. The van der Waals surface area contributed by atoms with Crippen LogP contribution in [0.5, 0.6) is 0 Å². The van der Waals surface area contributed by atoms with E-state index >= 15 is 0 Å². The third-order valence-corrected chi connectivity index (χ3v) is 4.97. The summed E-state index contributed by atoms with van der Waals surface area (Å²) < 4.78 is 2.26. The second kappa shape index (κ2) is 6.72. The van der Waals surface area contributed by atoms with E-state index < -0.39 is 0 Å². The van der Waals surface area contributed by atoms with E-state index in [1.807, 2.05) is 0 Å². The molecule has 0 amide bonds. The van der Waals surface area contributed by atoms with Crippen molar-refractivity contribution in [3.05, 3.63) is 44.9 Å². The van der Waals surface area contributed by atoms with E-state index in [0.29, 0.717) is 0 Å². The van der Waals surface area contributed by atoms with E-state index in [4.69, 9.17) is 0 Å². The number of hydrogen-bond acceptors (Lipinski definition) is 4. The van der Waals surface area contributed by atoms with Crippen LogP contribution in [0.25, 0.3) is 4.96 Å². The van der Waals surface area contributed by atoms with E-state index in [2.05, 4.69) is 50.8 Å². The van der Waals surface area contributed by atoms with Gasteiger partial charge in [-0.3, -0.25) is 4.40 Å². The number of imidazole rings is 1. The molecular weight excluding hydrogens is 310 g/mol. The van der Waals surface area contributed by atoms with Crippen LogP contribution in [0.1, 0.15) is 22.6 Å². The van der Waals surface area contributed by atoms with E-state index in [-0.39, 0.29) is 12.4 Å². The molecule has 3 nitrogen and oxygen atoms in total. The fraction of sp³-hybridized carbons (Fsp3) is 0.357. The van der Waals surface area contributed by atoms with Crippen molar-refractivity contribution in [2.45, 2.75) is 26.8 Å². The van der Waals surface area contributed by atoms with Gasteiger partial charge < -0.3 is 5.32 Å². The van der Waals surface area contributed by atoms with Gasteiger partial charge >= 0.3 is 0 Å². The molecule has 0 unspecified atom stereocenters. The molecule has 0 aliphatic heterocycles. The van der Waals surface area contributed by atoms with Gasteiger partial charge in [-0.2, -0.15) is 11.3 Å². The third kappa shape index (κ3) is 3.06. The molecule has 0 fully saturated rings. The first-order chi connectivity index (χ1) is 9.25. The summed E-state index contributed by atoms with van der Waals surface area (Å²) in [6.07, 6.45) is 1.09. The minimum absolute atomic E-state index is 0. The highest BCUT2D eigenvalue weighted by atomic mass is 35.5. The number of aryl methyl sites for hydroxylation is 2. The third-order valence-electron chi connectivity index (χ3n) is 3.29. The largest absolute Gasteiger partial charge is 0.311 e. The van der Waals surface area contributed by atoms with Crippen LogP contribution in [0.2, 0.25) is 0 Å². The van der Waals surface area contributed by atoms with Crippen molar-refractivity contribution in [2.75, 3.05) is 6.54 Å². The number of rotatable bonds is 5. The van der Waals surface area contributed by atoms with Crippen molar-refractivity contribution in [3.8, 4) is 0 Å². The molecule has 0 saturated heterocycles. The van der Waals surface area contributed by atoms with Crippen LogP contribution < -0.4 is 5.32 Å². The lowest BCUT2D eigenvalue weighted by atomic mass is 10.2. The van der Waals surface area contributed by atoms with Gasteiger partial charge in [0.05, 0.1) is 11.4 Å². The summed E-state index contributed by atoms with van der Waals surface area (Å²) in [7, 11) is 0. The maximum atomic E-state index is 4.61. The zero-order valence-corrected chi connectivity index (χ0v) is 14.0. The number of nitrogens with zero attached hydrogens (tertiary/aromatic N) is 2. The number of hydrogen-bond donors (Lipinski definition) is 1. The highest BCUT2D eigenvalue weighted by Gasteiger charge is 2.11. The Morgan fingerprint density at radius 3 is 2.90 bits per heavy atom. The summed E-state index contributed by atoms with van der Waals surface area (Å²) >= 11 is 3.47. The number of halogens is 1. The fourth-order valence-corrected chi connectivity index (χ4v) is 3.88. The molecule has 108 valence electrons. The van der Waals surface area contributed by atoms with E-state index in [9.17, 15) is 0 Å². The minimum atomic E-state index is 0. The smallest absolute Gasteiger partial charge is 0.194 e. The molecule has 3 aromatic rings. The number of nitrogens with one attached hydrogen (secondary N) is 1. The van der Waals surface area contributed by atoms with Crippen LogP contribution in [0.15, 0.2) is 22.2 Å². The van der Waals surface area contributed by atoms with Crippen LogP contribution in [-0.4, -0.2) is 15.9 Å². The molecule has 0 saturated carbocycles. The number of fused-ring (bicyclic) bond motifs is 1. The van der Waals surface area contributed by atoms with Crippen molar-refractivity contribution in [1.29, 1.82) is 0 Å². The Labute approximate surface area is 133 Å². The van der Waals surface area contributed by atoms with Crippen LogP contribution in [0, 0.1) is 13.8 Å². The van der Waals surface area contributed by atoms with Crippen molar-refractivity contribution in [3.63, 3.8) is 0 Å². The Morgan fingerprint density at radius 2 is 2.15 bits per heavy atom. The lowest BCUT2D eigenvalue weighted by Gasteiger charge is -2.05. The van der Waals surface area contributed by atoms with E-state index in [1.165, 1.54) is 17.0 Å². The van der Waals surface area contributed by atoms with Crippen LogP contribution in [0.3, 0.4) is 0 Å². The standard InChI is InChI=1S/C14H17N3S2.ClH/c1-10-8-19-14-16-11(2)13(17(10)14)7-15-5-3-12-4-6-18-9-12;/h4,6,8-9,15H,3,5,7H2,1-2H3;1H. The van der Waals surface area contributed by atoms with Crippen LogP contribution >= 0.6 is 35.1 Å². The quantitative estimate of drug-likeness (QED) is 0.722. The van der Waals surface area contributed by atoms with Gasteiger partial charge in [0.15, 0.2) is 4.96 Å². The molecule has 3 rings (SSSR count). The Kier molecular flexibility index (Phi) is 5.21. The fourth-order valence-electron chi connectivity index (χ4n) is 2.25. The van der Waals surface area contributed by atoms with Gasteiger partial charge in [0.1, 0.15) is 0 Å². The van der Waals surface area contributed by atoms with Crippen LogP contribution in [-0.2, 0) is 13.0 Å². The van der Waals surface area contributed by atoms with Gasteiger partial charge in [-0.1, -0.05) is 0 Å². The Morgan fingerprint density at radius 1 is 1.30 bits per heavy atom. The summed E-state index contributed by atoms with van der Waals surface area (Å²) in [4.78, 5) is 5.71. The topological polar surface area (TPSA) is 29.3 Å². The molecule has 20 heavy (non-hydrogen) atoms. The Balaban J connectivity index is 0.00000147. The molecule has 0 aliphatic carbocycles. The molecule has 6 heteroatoms. The average molecular weight is 328 g/mol. The van der Waals surface area contributed by atoms with Gasteiger partial charge in [-0.15, -0.1) is 23.7 Å². The lowest BCUT2D eigenvalue weighted by Crippen LogP contribution is -2.18. The minimum Gasteiger partial charge on any atom is -0.311 e. The SMILES string of the molecule is Cc1nc2scc(C)n2c1CNCCc1ccsc1.Cl. The number of thiazole rings is 1. The second-order valence-corrected chi connectivity index (χ2v) is 6.31. The van der Waals surface area contributed by atoms with Crippen molar-refractivity contribution in [1.82, 2.24) is 14.7 Å². The van der Waals surface area contributed by atoms with Gasteiger partial charge in [-0.05, 0) is 49.2 Å². The molecule has 3 aromatic heterocycles. The Bertz CT molecular complexity index is 670. The monoisotopic (exact) mass is 327 g/mol. The number of thiophene rings is 1. The van der Waals surface area contributed by atoms with Gasteiger partial charge in [0.25, 0.3) is 0 Å².